The summed E-state index contributed by atoms with van der Waals surface area (Å²) in [6.45, 7) is 6.47. The van der Waals surface area contributed by atoms with Crippen molar-refractivity contribution in [3.63, 3.8) is 0 Å². The lowest BCUT2D eigenvalue weighted by atomic mass is 9.95. The van der Waals surface area contributed by atoms with Gasteiger partial charge in [0.15, 0.2) is 0 Å². The summed E-state index contributed by atoms with van der Waals surface area (Å²) >= 11 is 1.76. The van der Waals surface area contributed by atoms with Crippen molar-refractivity contribution < 1.29 is 4.79 Å². The molecule has 1 atom stereocenters. The van der Waals surface area contributed by atoms with Gasteiger partial charge in [0, 0.05) is 16.3 Å². The maximum absolute atomic E-state index is 12.3. The molecule has 0 aromatic carbocycles. The Hall–Kier alpha value is -0.830. The van der Waals surface area contributed by atoms with Crippen LogP contribution in [0, 0.1) is 5.92 Å². The van der Waals surface area contributed by atoms with Crippen molar-refractivity contribution in [3.8, 4) is 0 Å². The second-order valence-corrected chi connectivity index (χ2v) is 6.73. The van der Waals surface area contributed by atoms with Crippen LogP contribution in [0.5, 0.6) is 0 Å². The van der Waals surface area contributed by atoms with Crippen molar-refractivity contribution in [1.82, 2.24) is 5.32 Å². The molecule has 0 spiro atoms. The minimum Gasteiger partial charge on any atom is -0.350 e. The summed E-state index contributed by atoms with van der Waals surface area (Å²) in [6.07, 6.45) is 5.79. The number of thiophene rings is 1. The van der Waals surface area contributed by atoms with Crippen LogP contribution in [0.1, 0.15) is 60.8 Å². The molecule has 1 unspecified atom stereocenters. The highest BCUT2D eigenvalue weighted by molar-refractivity contribution is 7.10. The van der Waals surface area contributed by atoms with E-state index in [1.165, 1.54) is 23.3 Å². The summed E-state index contributed by atoms with van der Waals surface area (Å²) in [5.74, 6) is 0.749. The van der Waals surface area contributed by atoms with Gasteiger partial charge in [0.25, 0.3) is 5.91 Å². The standard InChI is InChI=1S/C15H23NOS/c1-10(2)8-11(3)16-15(17)13-9-18-14-7-5-4-6-12(13)14/h9-11H,4-8H2,1-3H3,(H,16,17). The second kappa shape index (κ2) is 5.87. The van der Waals surface area contributed by atoms with Crippen LogP contribution < -0.4 is 5.32 Å². The van der Waals surface area contributed by atoms with Gasteiger partial charge in [0.1, 0.15) is 0 Å². The van der Waals surface area contributed by atoms with E-state index in [4.69, 9.17) is 0 Å². The number of nitrogens with one attached hydrogen (secondary N) is 1. The van der Waals surface area contributed by atoms with Gasteiger partial charge in [0.05, 0.1) is 5.56 Å². The molecule has 1 aliphatic rings. The lowest BCUT2D eigenvalue weighted by Gasteiger charge is -2.17. The van der Waals surface area contributed by atoms with E-state index in [0.29, 0.717) is 5.92 Å². The summed E-state index contributed by atoms with van der Waals surface area (Å²) in [5, 5.41) is 5.18. The van der Waals surface area contributed by atoms with Gasteiger partial charge >= 0.3 is 0 Å². The second-order valence-electron chi connectivity index (χ2n) is 5.76. The number of fused-ring (bicyclic) bond motifs is 1. The Morgan fingerprint density at radius 1 is 1.33 bits per heavy atom. The molecule has 1 amide bonds. The van der Waals surface area contributed by atoms with Crippen LogP contribution in [0.4, 0.5) is 0 Å². The first kappa shape index (κ1) is 13.6. The van der Waals surface area contributed by atoms with E-state index < -0.39 is 0 Å². The Morgan fingerprint density at radius 2 is 2.06 bits per heavy atom. The number of rotatable bonds is 4. The molecule has 1 aromatic heterocycles. The van der Waals surface area contributed by atoms with Gasteiger partial charge in [0.2, 0.25) is 0 Å². The van der Waals surface area contributed by atoms with Crippen LogP contribution in [0.15, 0.2) is 5.38 Å². The monoisotopic (exact) mass is 265 g/mol. The fraction of sp³-hybridized carbons (Fsp3) is 0.667. The van der Waals surface area contributed by atoms with E-state index in [0.717, 1.165) is 24.8 Å². The first-order valence-corrected chi connectivity index (χ1v) is 7.86. The number of hydrogen-bond acceptors (Lipinski definition) is 2. The van der Waals surface area contributed by atoms with E-state index in [1.54, 1.807) is 11.3 Å². The largest absolute Gasteiger partial charge is 0.350 e. The van der Waals surface area contributed by atoms with Crippen molar-refractivity contribution in [1.29, 1.82) is 0 Å². The lowest BCUT2D eigenvalue weighted by molar-refractivity contribution is 0.0935. The van der Waals surface area contributed by atoms with Gasteiger partial charge < -0.3 is 5.32 Å². The van der Waals surface area contributed by atoms with Gasteiger partial charge in [-0.25, -0.2) is 0 Å². The van der Waals surface area contributed by atoms with Crippen molar-refractivity contribution >= 4 is 17.2 Å². The highest BCUT2D eigenvalue weighted by atomic mass is 32.1. The van der Waals surface area contributed by atoms with E-state index in [1.807, 2.05) is 5.38 Å². The number of carbonyl (C=O) groups excluding carboxylic acids is 1. The van der Waals surface area contributed by atoms with Crippen LogP contribution in [0.25, 0.3) is 0 Å². The van der Waals surface area contributed by atoms with Crippen LogP contribution in [0.2, 0.25) is 0 Å². The fourth-order valence-electron chi connectivity index (χ4n) is 2.75. The zero-order valence-corrected chi connectivity index (χ0v) is 12.4. The number of aryl methyl sites for hydroxylation is 1. The Labute approximate surface area is 114 Å². The molecule has 18 heavy (non-hydrogen) atoms. The Kier molecular flexibility index (Phi) is 4.44. The maximum atomic E-state index is 12.3. The van der Waals surface area contributed by atoms with Gasteiger partial charge in [-0.2, -0.15) is 0 Å². The van der Waals surface area contributed by atoms with E-state index in [-0.39, 0.29) is 11.9 Å². The molecule has 1 aromatic rings. The third-order valence-corrected chi connectivity index (χ3v) is 4.60. The SMILES string of the molecule is CC(C)CC(C)NC(=O)c1csc2c1CCCC2. The molecule has 2 rings (SSSR count). The third-order valence-electron chi connectivity index (χ3n) is 3.51. The molecule has 0 fully saturated rings. The van der Waals surface area contributed by atoms with E-state index in [2.05, 4.69) is 26.1 Å². The van der Waals surface area contributed by atoms with Crippen LogP contribution in [-0.4, -0.2) is 11.9 Å². The first-order valence-electron chi connectivity index (χ1n) is 6.98. The summed E-state index contributed by atoms with van der Waals surface area (Å²) < 4.78 is 0. The Balaban J connectivity index is 2.03. The third kappa shape index (κ3) is 3.14. The number of carbonyl (C=O) groups is 1. The van der Waals surface area contributed by atoms with Crippen LogP contribution in [-0.2, 0) is 12.8 Å². The molecule has 1 N–H and O–H groups in total. The van der Waals surface area contributed by atoms with Crippen molar-refractivity contribution in [3.05, 3.63) is 21.4 Å². The molecule has 100 valence electrons. The average molecular weight is 265 g/mol. The summed E-state index contributed by atoms with van der Waals surface area (Å²) in [6, 6.07) is 0.261. The highest BCUT2D eigenvalue weighted by Gasteiger charge is 2.21. The molecular formula is C15H23NOS. The Bertz CT molecular complexity index is 422. The molecule has 0 saturated heterocycles. The average Bonchev–Trinajstić information content (AvgIpc) is 2.71. The Morgan fingerprint density at radius 3 is 2.78 bits per heavy atom. The zero-order valence-electron chi connectivity index (χ0n) is 11.6. The van der Waals surface area contributed by atoms with Crippen molar-refractivity contribution in [2.24, 2.45) is 5.92 Å². The molecule has 0 saturated carbocycles. The van der Waals surface area contributed by atoms with E-state index >= 15 is 0 Å². The minimum absolute atomic E-state index is 0.127. The molecule has 0 bridgehead atoms. The molecule has 0 radical (unpaired) electrons. The molecule has 2 nitrogen and oxygen atoms in total. The summed E-state index contributed by atoms with van der Waals surface area (Å²) in [4.78, 5) is 13.7. The predicted molar refractivity (Wildman–Crippen MR) is 77.3 cm³/mol. The van der Waals surface area contributed by atoms with Crippen molar-refractivity contribution in [2.75, 3.05) is 0 Å². The van der Waals surface area contributed by atoms with Gasteiger partial charge in [-0.15, -0.1) is 11.3 Å². The normalized spacial score (nSPS) is 16.4. The maximum Gasteiger partial charge on any atom is 0.252 e. The van der Waals surface area contributed by atoms with E-state index in [9.17, 15) is 4.79 Å². The smallest absolute Gasteiger partial charge is 0.252 e. The quantitative estimate of drug-likeness (QED) is 0.881. The minimum atomic E-state index is 0.127. The predicted octanol–water partition coefficient (Wildman–Crippen LogP) is 3.79. The van der Waals surface area contributed by atoms with Gasteiger partial charge in [-0.1, -0.05) is 13.8 Å². The number of hydrogen-bond donors (Lipinski definition) is 1. The topological polar surface area (TPSA) is 29.1 Å². The molecular weight excluding hydrogens is 242 g/mol. The van der Waals surface area contributed by atoms with Crippen LogP contribution in [0.3, 0.4) is 0 Å². The van der Waals surface area contributed by atoms with Gasteiger partial charge in [-0.3, -0.25) is 4.79 Å². The summed E-state index contributed by atoms with van der Waals surface area (Å²) in [7, 11) is 0. The highest BCUT2D eigenvalue weighted by Crippen LogP contribution is 2.30. The fourth-order valence-corrected chi connectivity index (χ4v) is 3.88. The summed E-state index contributed by atoms with van der Waals surface area (Å²) in [5.41, 5.74) is 2.26. The molecule has 1 aliphatic carbocycles. The first-order chi connectivity index (χ1) is 8.58. The van der Waals surface area contributed by atoms with Crippen LogP contribution >= 0.6 is 11.3 Å². The number of amides is 1. The van der Waals surface area contributed by atoms with Crippen molar-refractivity contribution in [2.45, 2.75) is 58.9 Å². The lowest BCUT2D eigenvalue weighted by Crippen LogP contribution is -2.33. The van der Waals surface area contributed by atoms with Gasteiger partial charge in [-0.05, 0) is 50.5 Å². The zero-order chi connectivity index (χ0) is 13.1. The molecule has 0 aliphatic heterocycles. The molecule has 1 heterocycles. The molecule has 3 heteroatoms.